The maximum absolute atomic E-state index is 12.0. The quantitative estimate of drug-likeness (QED) is 0.715. The first-order valence-electron chi connectivity index (χ1n) is 8.75. The Morgan fingerprint density at radius 1 is 1.08 bits per heavy atom. The maximum Gasteiger partial charge on any atom is 0.321 e. The number of amides is 3. The van der Waals surface area contributed by atoms with Crippen LogP contribution in [0.15, 0.2) is 54.6 Å². The zero-order chi connectivity index (χ0) is 18.4. The van der Waals surface area contributed by atoms with Crippen LogP contribution < -0.4 is 20.7 Å². The lowest BCUT2D eigenvalue weighted by Crippen LogP contribution is -2.46. The van der Waals surface area contributed by atoms with E-state index in [4.69, 9.17) is 4.74 Å². The Morgan fingerprint density at radius 2 is 1.77 bits per heavy atom. The molecule has 1 fully saturated rings. The lowest BCUT2D eigenvalue weighted by molar-refractivity contribution is -0.120. The van der Waals surface area contributed by atoms with E-state index in [1.54, 1.807) is 6.92 Å². The normalized spacial score (nSPS) is 14.2. The van der Waals surface area contributed by atoms with Gasteiger partial charge in [-0.15, -0.1) is 0 Å². The van der Waals surface area contributed by atoms with Crippen LogP contribution in [0.5, 0.6) is 5.75 Å². The van der Waals surface area contributed by atoms with E-state index in [1.807, 2.05) is 54.6 Å². The van der Waals surface area contributed by atoms with Crippen molar-refractivity contribution in [3.8, 4) is 5.75 Å². The van der Waals surface area contributed by atoms with Gasteiger partial charge in [-0.3, -0.25) is 10.1 Å². The van der Waals surface area contributed by atoms with Crippen molar-refractivity contribution in [3.63, 3.8) is 0 Å². The van der Waals surface area contributed by atoms with E-state index in [0.717, 1.165) is 29.8 Å². The van der Waals surface area contributed by atoms with Gasteiger partial charge in [0, 0.05) is 11.7 Å². The highest BCUT2D eigenvalue weighted by atomic mass is 16.5. The molecule has 2 aromatic rings. The lowest BCUT2D eigenvalue weighted by atomic mass is 10.2. The third kappa shape index (κ3) is 5.51. The summed E-state index contributed by atoms with van der Waals surface area (Å²) in [6, 6.07) is 16.6. The molecule has 1 aliphatic rings. The zero-order valence-electron chi connectivity index (χ0n) is 14.7. The molecule has 1 aliphatic carbocycles. The fourth-order valence-electron chi connectivity index (χ4n) is 2.37. The van der Waals surface area contributed by atoms with Crippen molar-refractivity contribution in [1.29, 1.82) is 0 Å². The summed E-state index contributed by atoms with van der Waals surface area (Å²) in [5.41, 5.74) is 1.88. The van der Waals surface area contributed by atoms with Crippen LogP contribution in [0.4, 0.5) is 10.5 Å². The van der Waals surface area contributed by atoms with E-state index >= 15 is 0 Å². The van der Waals surface area contributed by atoms with Crippen LogP contribution in [0.1, 0.15) is 25.3 Å². The highest BCUT2D eigenvalue weighted by Gasteiger charge is 2.24. The monoisotopic (exact) mass is 353 g/mol. The molecule has 0 unspecified atom stereocenters. The SMILES string of the molecule is C[C@H](Nc1ccc(OCc2ccccc2)cc1)C(=O)NC(=O)NC1CC1. The highest BCUT2D eigenvalue weighted by Crippen LogP contribution is 2.19. The minimum atomic E-state index is -0.531. The molecule has 26 heavy (non-hydrogen) atoms. The molecule has 6 heteroatoms. The Hall–Kier alpha value is -3.02. The summed E-state index contributed by atoms with van der Waals surface area (Å²) in [6.45, 7) is 2.21. The molecule has 1 saturated carbocycles. The van der Waals surface area contributed by atoms with Gasteiger partial charge in [-0.25, -0.2) is 4.79 Å². The molecule has 136 valence electrons. The van der Waals surface area contributed by atoms with Gasteiger partial charge in [-0.2, -0.15) is 0 Å². The van der Waals surface area contributed by atoms with Gasteiger partial charge in [0.15, 0.2) is 0 Å². The van der Waals surface area contributed by atoms with E-state index in [0.29, 0.717) is 6.61 Å². The van der Waals surface area contributed by atoms with Gasteiger partial charge in [0.2, 0.25) is 5.91 Å². The summed E-state index contributed by atoms with van der Waals surface area (Å²) < 4.78 is 5.73. The largest absolute Gasteiger partial charge is 0.489 e. The number of hydrogen-bond donors (Lipinski definition) is 3. The molecule has 6 nitrogen and oxygen atoms in total. The van der Waals surface area contributed by atoms with Crippen molar-refractivity contribution in [2.75, 3.05) is 5.32 Å². The van der Waals surface area contributed by atoms with E-state index in [2.05, 4.69) is 16.0 Å². The summed E-state index contributed by atoms with van der Waals surface area (Å²) >= 11 is 0. The molecule has 0 bridgehead atoms. The first-order valence-corrected chi connectivity index (χ1v) is 8.75. The third-order valence-electron chi connectivity index (χ3n) is 4.03. The molecule has 1 atom stereocenters. The maximum atomic E-state index is 12.0. The molecule has 2 aromatic carbocycles. The summed E-state index contributed by atoms with van der Waals surface area (Å²) in [5.74, 6) is 0.382. The molecule has 0 aliphatic heterocycles. The average Bonchev–Trinajstić information content (AvgIpc) is 3.45. The fraction of sp³-hybridized carbons (Fsp3) is 0.300. The first-order chi connectivity index (χ1) is 12.6. The second-order valence-corrected chi connectivity index (χ2v) is 6.40. The summed E-state index contributed by atoms with van der Waals surface area (Å²) in [4.78, 5) is 23.6. The Kier molecular flexibility index (Phi) is 5.73. The molecule has 3 amide bonds. The Bertz CT molecular complexity index is 743. The van der Waals surface area contributed by atoms with Gasteiger partial charge < -0.3 is 15.4 Å². The number of carbonyl (C=O) groups excluding carboxylic acids is 2. The first kappa shape index (κ1) is 17.8. The number of ether oxygens (including phenoxy) is 1. The third-order valence-corrected chi connectivity index (χ3v) is 4.03. The van der Waals surface area contributed by atoms with E-state index in [9.17, 15) is 9.59 Å². The van der Waals surface area contributed by atoms with Gasteiger partial charge in [-0.1, -0.05) is 30.3 Å². The minimum Gasteiger partial charge on any atom is -0.489 e. The van der Waals surface area contributed by atoms with Crippen molar-refractivity contribution in [3.05, 3.63) is 60.2 Å². The molecule has 0 aromatic heterocycles. The number of carbonyl (C=O) groups is 2. The van der Waals surface area contributed by atoms with Gasteiger partial charge in [0.1, 0.15) is 18.4 Å². The van der Waals surface area contributed by atoms with Crippen molar-refractivity contribution >= 4 is 17.6 Å². The number of hydrogen-bond acceptors (Lipinski definition) is 4. The van der Waals surface area contributed by atoms with Gasteiger partial charge in [0.25, 0.3) is 0 Å². The highest BCUT2D eigenvalue weighted by molar-refractivity contribution is 5.98. The second kappa shape index (κ2) is 8.38. The molecule has 0 radical (unpaired) electrons. The van der Waals surface area contributed by atoms with Crippen LogP contribution >= 0.6 is 0 Å². The fourth-order valence-corrected chi connectivity index (χ4v) is 2.37. The second-order valence-electron chi connectivity index (χ2n) is 6.40. The molecule has 3 N–H and O–H groups in total. The van der Waals surface area contributed by atoms with Crippen LogP contribution in [0, 0.1) is 0 Å². The topological polar surface area (TPSA) is 79.5 Å². The van der Waals surface area contributed by atoms with Gasteiger partial charge in [-0.05, 0) is 49.6 Å². The van der Waals surface area contributed by atoms with Crippen molar-refractivity contribution in [1.82, 2.24) is 10.6 Å². The molecular formula is C20H23N3O3. The van der Waals surface area contributed by atoms with Crippen LogP contribution in [0.25, 0.3) is 0 Å². The Balaban J connectivity index is 1.45. The molecule has 0 saturated heterocycles. The van der Waals surface area contributed by atoms with E-state index < -0.39 is 12.1 Å². The van der Waals surface area contributed by atoms with Crippen molar-refractivity contribution in [2.45, 2.75) is 38.5 Å². The van der Waals surface area contributed by atoms with Crippen molar-refractivity contribution < 1.29 is 14.3 Å². The number of benzene rings is 2. The van der Waals surface area contributed by atoms with Crippen LogP contribution in [-0.2, 0) is 11.4 Å². The van der Waals surface area contributed by atoms with Crippen LogP contribution in [0.3, 0.4) is 0 Å². The Morgan fingerprint density at radius 3 is 2.42 bits per heavy atom. The zero-order valence-corrected chi connectivity index (χ0v) is 14.7. The van der Waals surface area contributed by atoms with Crippen LogP contribution in [0.2, 0.25) is 0 Å². The van der Waals surface area contributed by atoms with Crippen molar-refractivity contribution in [2.24, 2.45) is 0 Å². The van der Waals surface area contributed by atoms with E-state index in [1.165, 1.54) is 0 Å². The van der Waals surface area contributed by atoms with Gasteiger partial charge in [0.05, 0.1) is 0 Å². The predicted molar refractivity (Wildman–Crippen MR) is 100.0 cm³/mol. The van der Waals surface area contributed by atoms with Gasteiger partial charge >= 0.3 is 6.03 Å². The predicted octanol–water partition coefficient (Wildman–Crippen LogP) is 3.05. The lowest BCUT2D eigenvalue weighted by Gasteiger charge is -2.15. The Labute approximate surface area is 152 Å². The molecule has 0 heterocycles. The number of anilines is 1. The molecule has 0 spiro atoms. The summed E-state index contributed by atoms with van der Waals surface area (Å²) in [7, 11) is 0. The molecular weight excluding hydrogens is 330 g/mol. The van der Waals surface area contributed by atoms with E-state index in [-0.39, 0.29) is 11.9 Å². The smallest absolute Gasteiger partial charge is 0.321 e. The number of nitrogens with one attached hydrogen (secondary N) is 3. The number of imide groups is 1. The minimum absolute atomic E-state index is 0.217. The summed E-state index contributed by atoms with van der Waals surface area (Å²) in [5, 5.41) is 8.14. The standard InChI is InChI=1S/C20H23N3O3/c1-14(19(24)23-20(25)22-17-7-8-17)21-16-9-11-18(12-10-16)26-13-15-5-3-2-4-6-15/h2-6,9-12,14,17,21H,7-8,13H2,1H3,(H2,22,23,24,25)/t14-/m0/s1. The van der Waals surface area contributed by atoms with Crippen LogP contribution in [-0.4, -0.2) is 24.0 Å². The molecule has 3 rings (SSSR count). The number of urea groups is 1. The average molecular weight is 353 g/mol. The number of rotatable bonds is 7. The summed E-state index contributed by atoms with van der Waals surface area (Å²) in [6.07, 6.45) is 1.96.